The van der Waals surface area contributed by atoms with Gasteiger partial charge in [0.1, 0.15) is 11.6 Å². The molecule has 0 bridgehead atoms. The second-order valence-corrected chi connectivity index (χ2v) is 11.4. The first-order chi connectivity index (χ1) is 18.9. The smallest absolute Gasteiger partial charge is 0.416 e. The number of methoxy groups -OCH3 is 1. The van der Waals surface area contributed by atoms with E-state index in [4.69, 9.17) is 4.74 Å². The zero-order chi connectivity index (χ0) is 29.1. The summed E-state index contributed by atoms with van der Waals surface area (Å²) in [6.45, 7) is 1.07. The Labute approximate surface area is 230 Å². The second kappa shape index (κ2) is 11.8. The zero-order valence-corrected chi connectivity index (χ0v) is 22.8. The lowest BCUT2D eigenvalue weighted by Crippen LogP contribution is -2.49. The molecule has 0 radical (unpaired) electrons. The van der Waals surface area contributed by atoms with Gasteiger partial charge in [0.2, 0.25) is 10.0 Å². The van der Waals surface area contributed by atoms with Crippen LogP contribution in [0.25, 0.3) is 0 Å². The van der Waals surface area contributed by atoms with Gasteiger partial charge < -0.3 is 14.5 Å². The highest BCUT2D eigenvalue weighted by Crippen LogP contribution is 2.33. The summed E-state index contributed by atoms with van der Waals surface area (Å²) in [5.74, 6) is -1.42. The van der Waals surface area contributed by atoms with E-state index in [1.54, 1.807) is 6.07 Å². The van der Waals surface area contributed by atoms with Gasteiger partial charge in [-0.3, -0.25) is 4.79 Å². The molecule has 1 amide bonds. The van der Waals surface area contributed by atoms with Crippen LogP contribution in [0.4, 0.5) is 23.2 Å². The molecule has 1 aliphatic rings. The van der Waals surface area contributed by atoms with Crippen molar-refractivity contribution in [2.75, 3.05) is 51.8 Å². The van der Waals surface area contributed by atoms with Gasteiger partial charge in [0.15, 0.2) is 0 Å². The minimum absolute atomic E-state index is 0.0804. The normalized spacial score (nSPS) is 14.5. The number of hydrogen-bond acceptors (Lipinski definition) is 5. The lowest BCUT2D eigenvalue weighted by molar-refractivity contribution is -0.137. The first-order valence-corrected chi connectivity index (χ1v) is 13.9. The summed E-state index contributed by atoms with van der Waals surface area (Å²) < 4.78 is 86.5. The van der Waals surface area contributed by atoms with Gasteiger partial charge in [-0.1, -0.05) is 30.3 Å². The Balaban J connectivity index is 1.48. The van der Waals surface area contributed by atoms with E-state index in [-0.39, 0.29) is 43.2 Å². The molecule has 0 unspecified atom stereocenters. The fraction of sp³-hybridized carbons (Fsp3) is 0.321. The summed E-state index contributed by atoms with van der Waals surface area (Å²) in [4.78, 5) is 16.2. The highest BCUT2D eigenvalue weighted by molar-refractivity contribution is 7.89. The van der Waals surface area contributed by atoms with Gasteiger partial charge in [-0.25, -0.2) is 17.1 Å². The van der Waals surface area contributed by atoms with Crippen molar-refractivity contribution in [3.05, 3.63) is 89.2 Å². The predicted molar refractivity (Wildman–Crippen MR) is 142 cm³/mol. The maximum absolute atomic E-state index is 13.8. The highest BCUT2D eigenvalue weighted by atomic mass is 32.2. The zero-order valence-electron chi connectivity index (χ0n) is 22.0. The van der Waals surface area contributed by atoms with Crippen molar-refractivity contribution in [3.8, 4) is 5.75 Å². The van der Waals surface area contributed by atoms with Crippen molar-refractivity contribution in [3.63, 3.8) is 0 Å². The quantitative estimate of drug-likeness (QED) is 0.363. The van der Waals surface area contributed by atoms with Crippen LogP contribution in [0.1, 0.15) is 21.5 Å². The van der Waals surface area contributed by atoms with Crippen LogP contribution < -0.4 is 9.64 Å². The molecular weight excluding hydrogens is 550 g/mol. The van der Waals surface area contributed by atoms with Crippen LogP contribution in [0.5, 0.6) is 5.75 Å². The molecular formula is C28H29F4N3O4S. The number of anilines is 1. The van der Waals surface area contributed by atoms with E-state index in [0.29, 0.717) is 30.0 Å². The predicted octanol–water partition coefficient (Wildman–Crippen LogP) is 4.68. The van der Waals surface area contributed by atoms with Gasteiger partial charge in [0.05, 0.1) is 23.3 Å². The minimum atomic E-state index is -4.78. The number of benzene rings is 3. The van der Waals surface area contributed by atoms with E-state index in [1.807, 2.05) is 35.2 Å². The SMILES string of the molecule is COc1ccc(S(=O)(=O)N(C)CCc2ccccc2)cc1N1CCN(C(=O)c2cc(F)cc(C(F)(F)F)c2)CC1. The summed E-state index contributed by atoms with van der Waals surface area (Å²) in [5, 5.41) is 0. The number of piperazine rings is 1. The number of alkyl halides is 3. The Morgan fingerprint density at radius 1 is 0.975 bits per heavy atom. The number of likely N-dealkylation sites (N-methyl/N-ethyl adjacent to an activating group) is 1. The Morgan fingerprint density at radius 2 is 1.65 bits per heavy atom. The van der Waals surface area contributed by atoms with E-state index < -0.39 is 33.5 Å². The maximum atomic E-state index is 13.8. The summed E-state index contributed by atoms with van der Waals surface area (Å²) in [5.41, 5.74) is -0.0894. The molecule has 1 heterocycles. The average Bonchev–Trinajstić information content (AvgIpc) is 2.95. The first-order valence-electron chi connectivity index (χ1n) is 12.5. The third-order valence-electron chi connectivity index (χ3n) is 6.80. The van der Waals surface area contributed by atoms with E-state index in [0.717, 1.165) is 11.6 Å². The first kappa shape index (κ1) is 29.3. The fourth-order valence-corrected chi connectivity index (χ4v) is 5.71. The number of halogens is 4. The number of ether oxygens (including phenoxy) is 1. The van der Waals surface area contributed by atoms with E-state index in [1.165, 1.54) is 35.5 Å². The summed E-state index contributed by atoms with van der Waals surface area (Å²) in [6.07, 6.45) is -4.24. The van der Waals surface area contributed by atoms with E-state index in [9.17, 15) is 30.8 Å². The molecule has 0 aliphatic carbocycles. The number of amides is 1. The van der Waals surface area contributed by atoms with Crippen molar-refractivity contribution in [1.29, 1.82) is 0 Å². The third-order valence-corrected chi connectivity index (χ3v) is 8.65. The second-order valence-electron chi connectivity index (χ2n) is 9.40. The molecule has 3 aromatic carbocycles. The Kier molecular flexibility index (Phi) is 8.69. The van der Waals surface area contributed by atoms with Gasteiger partial charge in [-0.05, 0) is 48.4 Å². The number of nitrogens with zero attached hydrogens (tertiary/aromatic N) is 3. The van der Waals surface area contributed by atoms with Crippen LogP contribution in [0.2, 0.25) is 0 Å². The summed E-state index contributed by atoms with van der Waals surface area (Å²) >= 11 is 0. The van der Waals surface area contributed by atoms with Crippen molar-refractivity contribution in [2.45, 2.75) is 17.5 Å². The molecule has 214 valence electrons. The monoisotopic (exact) mass is 579 g/mol. The number of sulfonamides is 1. The average molecular weight is 580 g/mol. The number of hydrogen-bond donors (Lipinski definition) is 0. The Morgan fingerprint density at radius 3 is 2.27 bits per heavy atom. The number of rotatable bonds is 8. The van der Waals surface area contributed by atoms with Crippen LogP contribution in [0.15, 0.2) is 71.6 Å². The van der Waals surface area contributed by atoms with Gasteiger partial charge in [0.25, 0.3) is 5.91 Å². The van der Waals surface area contributed by atoms with Gasteiger partial charge in [0, 0.05) is 45.3 Å². The third kappa shape index (κ3) is 6.56. The van der Waals surface area contributed by atoms with E-state index in [2.05, 4.69) is 0 Å². The molecule has 7 nitrogen and oxygen atoms in total. The van der Waals surface area contributed by atoms with Gasteiger partial charge in [-0.2, -0.15) is 13.2 Å². The molecule has 1 aliphatic heterocycles. The molecule has 0 spiro atoms. The molecule has 1 fully saturated rings. The highest BCUT2D eigenvalue weighted by Gasteiger charge is 2.33. The molecule has 0 N–H and O–H groups in total. The van der Waals surface area contributed by atoms with Crippen LogP contribution in [0, 0.1) is 5.82 Å². The van der Waals surface area contributed by atoms with Crippen molar-refractivity contribution < 1.29 is 35.5 Å². The van der Waals surface area contributed by atoms with Crippen molar-refractivity contribution in [1.82, 2.24) is 9.21 Å². The summed E-state index contributed by atoms with van der Waals surface area (Å²) in [7, 11) is -0.840. The fourth-order valence-electron chi connectivity index (χ4n) is 4.52. The minimum Gasteiger partial charge on any atom is -0.495 e. The van der Waals surface area contributed by atoms with E-state index >= 15 is 0 Å². The lowest BCUT2D eigenvalue weighted by atomic mass is 10.1. The van der Waals surface area contributed by atoms with Gasteiger partial charge >= 0.3 is 6.18 Å². The van der Waals surface area contributed by atoms with Gasteiger partial charge in [-0.15, -0.1) is 0 Å². The van der Waals surface area contributed by atoms with Crippen LogP contribution in [-0.4, -0.2) is 70.4 Å². The standard InChI is InChI=1S/C28H29F4N3O4S/c1-33(11-10-20-6-4-3-5-7-20)40(37,38)24-8-9-26(39-2)25(19-24)34-12-14-35(15-13-34)27(36)21-16-22(28(30,31)32)18-23(29)17-21/h3-9,16-19H,10-15H2,1-2H3. The van der Waals surface area contributed by atoms with Crippen LogP contribution in [-0.2, 0) is 22.6 Å². The van der Waals surface area contributed by atoms with Crippen molar-refractivity contribution >= 4 is 21.6 Å². The molecule has 3 aromatic rings. The molecule has 12 heteroatoms. The molecule has 4 rings (SSSR count). The number of carbonyl (C=O) groups is 1. The topological polar surface area (TPSA) is 70.2 Å². The van der Waals surface area contributed by atoms with Crippen LogP contribution >= 0.6 is 0 Å². The molecule has 0 aromatic heterocycles. The number of carbonyl (C=O) groups excluding carboxylic acids is 1. The molecule has 1 saturated heterocycles. The Hall–Kier alpha value is -3.64. The van der Waals surface area contributed by atoms with Crippen LogP contribution in [0.3, 0.4) is 0 Å². The lowest BCUT2D eigenvalue weighted by Gasteiger charge is -2.37. The van der Waals surface area contributed by atoms with Crippen molar-refractivity contribution in [2.24, 2.45) is 0 Å². The maximum Gasteiger partial charge on any atom is 0.416 e. The largest absolute Gasteiger partial charge is 0.495 e. The molecule has 40 heavy (non-hydrogen) atoms. The summed E-state index contributed by atoms with van der Waals surface area (Å²) in [6, 6.07) is 15.9. The molecule has 0 atom stereocenters. The Bertz CT molecular complexity index is 1460. The molecule has 0 saturated carbocycles.